The summed E-state index contributed by atoms with van der Waals surface area (Å²) in [6.45, 7) is 0.137. The second kappa shape index (κ2) is 5.95. The number of carbonyl (C=O) groups is 1. The molecule has 0 aliphatic carbocycles. The molecule has 0 fully saturated rings. The van der Waals surface area contributed by atoms with E-state index >= 15 is 0 Å². The van der Waals surface area contributed by atoms with E-state index in [0.29, 0.717) is 16.3 Å². The lowest BCUT2D eigenvalue weighted by atomic mass is 10.2. The lowest BCUT2D eigenvalue weighted by Gasteiger charge is -2.07. The molecule has 16 heavy (non-hydrogen) atoms. The average Bonchev–Trinajstić information content (AvgIpc) is 2.29. The van der Waals surface area contributed by atoms with Crippen LogP contribution in [0.5, 0.6) is 5.75 Å². The molecule has 5 nitrogen and oxygen atoms in total. The van der Waals surface area contributed by atoms with Crippen molar-refractivity contribution in [3.05, 3.63) is 28.8 Å². The summed E-state index contributed by atoms with van der Waals surface area (Å²) < 4.78 is 5.26. The lowest BCUT2D eigenvalue weighted by molar-refractivity contribution is -0.121. The van der Waals surface area contributed by atoms with Gasteiger partial charge < -0.3 is 4.74 Å². The third-order valence-corrected chi connectivity index (χ3v) is 2.05. The molecule has 0 atom stereocenters. The number of hydrogen-bond acceptors (Lipinski definition) is 4. The van der Waals surface area contributed by atoms with Crippen molar-refractivity contribution < 1.29 is 9.53 Å². The van der Waals surface area contributed by atoms with Crippen LogP contribution in [0.25, 0.3) is 0 Å². The van der Waals surface area contributed by atoms with Gasteiger partial charge in [0.15, 0.2) is 0 Å². The van der Waals surface area contributed by atoms with Gasteiger partial charge in [0.05, 0.1) is 18.6 Å². The van der Waals surface area contributed by atoms with Gasteiger partial charge in [0.2, 0.25) is 5.91 Å². The summed E-state index contributed by atoms with van der Waals surface area (Å²) in [6, 6.07) is 6.65. The van der Waals surface area contributed by atoms with E-state index in [4.69, 9.17) is 27.4 Å². The van der Waals surface area contributed by atoms with E-state index < -0.39 is 0 Å². The fraction of sp³-hybridized carbons (Fsp3) is 0.200. The topological polar surface area (TPSA) is 88.1 Å². The Labute approximate surface area is 97.7 Å². The molecule has 0 saturated heterocycles. The number of amides is 1. The van der Waals surface area contributed by atoms with Crippen molar-refractivity contribution in [2.24, 2.45) is 5.84 Å². The summed E-state index contributed by atoms with van der Waals surface area (Å²) in [7, 11) is 0. The predicted octanol–water partition coefficient (Wildman–Crippen LogP) is 0.970. The third-order valence-electron chi connectivity index (χ3n) is 1.81. The Bertz CT molecular complexity index is 429. The number of nitrogens with one attached hydrogen (secondary N) is 1. The van der Waals surface area contributed by atoms with E-state index in [2.05, 4.69) is 0 Å². The molecule has 1 aromatic rings. The van der Waals surface area contributed by atoms with Gasteiger partial charge in [0.1, 0.15) is 11.8 Å². The number of hydrazine groups is 1. The van der Waals surface area contributed by atoms with E-state index in [0.717, 1.165) is 0 Å². The minimum Gasteiger partial charge on any atom is -0.492 e. The number of ether oxygens (including phenoxy) is 1. The van der Waals surface area contributed by atoms with Crippen LogP contribution in [0.3, 0.4) is 0 Å². The number of carbonyl (C=O) groups excluding carboxylic acids is 1. The van der Waals surface area contributed by atoms with E-state index in [-0.39, 0.29) is 18.9 Å². The third kappa shape index (κ3) is 3.42. The molecule has 0 aromatic heterocycles. The van der Waals surface area contributed by atoms with Crippen LogP contribution in [0.15, 0.2) is 18.2 Å². The van der Waals surface area contributed by atoms with Gasteiger partial charge in [-0.3, -0.25) is 10.2 Å². The van der Waals surface area contributed by atoms with Crippen LogP contribution in [-0.2, 0) is 4.79 Å². The van der Waals surface area contributed by atoms with Gasteiger partial charge in [-0.25, -0.2) is 5.84 Å². The van der Waals surface area contributed by atoms with Crippen molar-refractivity contribution in [3.8, 4) is 11.8 Å². The van der Waals surface area contributed by atoms with Gasteiger partial charge in [-0.2, -0.15) is 5.26 Å². The number of benzene rings is 1. The first kappa shape index (κ1) is 12.3. The smallest absolute Gasteiger partial charge is 0.237 e. The average molecular weight is 240 g/mol. The van der Waals surface area contributed by atoms with Gasteiger partial charge in [-0.05, 0) is 12.1 Å². The number of rotatable bonds is 4. The molecule has 0 aliphatic heterocycles. The lowest BCUT2D eigenvalue weighted by Crippen LogP contribution is -2.31. The zero-order chi connectivity index (χ0) is 12.0. The van der Waals surface area contributed by atoms with Crippen LogP contribution >= 0.6 is 11.6 Å². The van der Waals surface area contributed by atoms with Gasteiger partial charge in [0.25, 0.3) is 0 Å². The first-order valence-electron chi connectivity index (χ1n) is 4.49. The molecule has 0 spiro atoms. The molecule has 0 heterocycles. The molecule has 1 aromatic carbocycles. The van der Waals surface area contributed by atoms with Gasteiger partial charge in [-0.1, -0.05) is 11.6 Å². The molecule has 0 saturated carbocycles. The van der Waals surface area contributed by atoms with Crippen LogP contribution in [0, 0.1) is 11.3 Å². The summed E-state index contributed by atoms with van der Waals surface area (Å²) in [6.07, 6.45) is 0.119. The van der Waals surface area contributed by atoms with Crippen molar-refractivity contribution in [1.29, 1.82) is 5.26 Å². The number of halogens is 1. The Balaban J connectivity index is 2.63. The van der Waals surface area contributed by atoms with Crippen LogP contribution < -0.4 is 16.0 Å². The Kier molecular flexibility index (Phi) is 4.58. The summed E-state index contributed by atoms with van der Waals surface area (Å²) in [4.78, 5) is 10.8. The highest BCUT2D eigenvalue weighted by atomic mass is 35.5. The van der Waals surface area contributed by atoms with Crippen molar-refractivity contribution in [2.75, 3.05) is 6.61 Å². The van der Waals surface area contributed by atoms with Gasteiger partial charge in [0, 0.05) is 11.1 Å². The minimum absolute atomic E-state index is 0.119. The SMILES string of the molecule is N#Cc1ccc(Cl)cc1OCCC(=O)NN. The molecular weight excluding hydrogens is 230 g/mol. The first-order valence-corrected chi connectivity index (χ1v) is 4.87. The number of hydrogen-bond donors (Lipinski definition) is 2. The zero-order valence-electron chi connectivity index (χ0n) is 8.37. The second-order valence-electron chi connectivity index (χ2n) is 2.92. The molecular formula is C10H10ClN3O2. The molecule has 6 heteroatoms. The Hall–Kier alpha value is -1.77. The highest BCUT2D eigenvalue weighted by Crippen LogP contribution is 2.22. The molecule has 1 rings (SSSR count). The summed E-state index contributed by atoms with van der Waals surface area (Å²) in [5.41, 5.74) is 2.35. The highest BCUT2D eigenvalue weighted by molar-refractivity contribution is 6.30. The van der Waals surface area contributed by atoms with Gasteiger partial charge in [-0.15, -0.1) is 0 Å². The maximum atomic E-state index is 10.8. The van der Waals surface area contributed by atoms with E-state index in [1.54, 1.807) is 12.1 Å². The quantitative estimate of drug-likeness (QED) is 0.466. The van der Waals surface area contributed by atoms with E-state index in [1.165, 1.54) is 6.07 Å². The zero-order valence-corrected chi connectivity index (χ0v) is 9.12. The normalized spacial score (nSPS) is 9.31. The molecule has 0 radical (unpaired) electrons. The van der Waals surface area contributed by atoms with Crippen LogP contribution in [0.1, 0.15) is 12.0 Å². The number of nitrogens with zero attached hydrogens (tertiary/aromatic N) is 1. The highest BCUT2D eigenvalue weighted by Gasteiger charge is 2.05. The minimum atomic E-state index is -0.333. The van der Waals surface area contributed by atoms with Crippen molar-refractivity contribution >= 4 is 17.5 Å². The predicted molar refractivity (Wildman–Crippen MR) is 58.6 cm³/mol. The summed E-state index contributed by atoms with van der Waals surface area (Å²) >= 11 is 5.75. The molecule has 3 N–H and O–H groups in total. The van der Waals surface area contributed by atoms with Crippen LogP contribution in [0.2, 0.25) is 5.02 Å². The van der Waals surface area contributed by atoms with E-state index in [1.807, 2.05) is 11.5 Å². The molecule has 1 amide bonds. The molecule has 0 unspecified atom stereocenters. The monoisotopic (exact) mass is 239 g/mol. The summed E-state index contributed by atoms with van der Waals surface area (Å²) in [5.74, 6) is 4.93. The second-order valence-corrected chi connectivity index (χ2v) is 3.35. The Morgan fingerprint density at radius 3 is 3.00 bits per heavy atom. The van der Waals surface area contributed by atoms with E-state index in [9.17, 15) is 4.79 Å². The van der Waals surface area contributed by atoms with Crippen molar-refractivity contribution in [1.82, 2.24) is 5.43 Å². The maximum Gasteiger partial charge on any atom is 0.237 e. The van der Waals surface area contributed by atoms with Crippen LogP contribution in [0.4, 0.5) is 0 Å². The first-order chi connectivity index (χ1) is 7.67. The fourth-order valence-electron chi connectivity index (χ4n) is 1.03. The Morgan fingerprint density at radius 2 is 2.38 bits per heavy atom. The van der Waals surface area contributed by atoms with Gasteiger partial charge >= 0.3 is 0 Å². The Morgan fingerprint density at radius 1 is 1.62 bits per heavy atom. The largest absolute Gasteiger partial charge is 0.492 e. The number of nitriles is 1. The van der Waals surface area contributed by atoms with Crippen molar-refractivity contribution in [3.63, 3.8) is 0 Å². The molecule has 84 valence electrons. The maximum absolute atomic E-state index is 10.8. The summed E-state index contributed by atoms with van der Waals surface area (Å²) in [5, 5.41) is 9.26. The number of nitrogens with two attached hydrogens (primary N) is 1. The molecule has 0 bridgehead atoms. The van der Waals surface area contributed by atoms with Crippen LogP contribution in [-0.4, -0.2) is 12.5 Å². The van der Waals surface area contributed by atoms with Crippen molar-refractivity contribution in [2.45, 2.75) is 6.42 Å². The standard InChI is InChI=1S/C10H10ClN3O2/c11-8-2-1-7(6-12)9(5-8)16-4-3-10(15)14-13/h1-2,5H,3-4,13H2,(H,14,15). The molecule has 0 aliphatic rings. The fourth-order valence-corrected chi connectivity index (χ4v) is 1.20.